The number of hydrogen-bond donors (Lipinski definition) is 3. The highest BCUT2D eigenvalue weighted by Crippen LogP contribution is 2.21. The third kappa shape index (κ3) is 6.57. The second-order valence-electron chi connectivity index (χ2n) is 7.82. The van der Waals surface area contributed by atoms with Crippen LogP contribution in [0.2, 0.25) is 0 Å². The summed E-state index contributed by atoms with van der Waals surface area (Å²) in [7, 11) is 0. The summed E-state index contributed by atoms with van der Waals surface area (Å²) >= 11 is 0. The summed E-state index contributed by atoms with van der Waals surface area (Å²) in [6.07, 6.45) is 2.47. The number of benzene rings is 2. The van der Waals surface area contributed by atoms with Crippen LogP contribution in [0.5, 0.6) is 0 Å². The minimum atomic E-state index is -0.0539. The Bertz CT molecular complexity index is 940. The van der Waals surface area contributed by atoms with Gasteiger partial charge in [0.1, 0.15) is 0 Å². The fraction of sp³-hybridized carbons (Fsp3) is 0.400. The Kier molecular flexibility index (Phi) is 8.66. The first-order valence-electron chi connectivity index (χ1n) is 11.4. The number of carbonyl (C=O) groups is 2. The van der Waals surface area contributed by atoms with Crippen molar-refractivity contribution >= 4 is 23.5 Å². The molecule has 1 fully saturated rings. The van der Waals surface area contributed by atoms with Gasteiger partial charge in [-0.15, -0.1) is 0 Å². The quantitative estimate of drug-likeness (QED) is 0.417. The maximum Gasteiger partial charge on any atom is 0.251 e. The first-order valence-corrected chi connectivity index (χ1v) is 11.4. The Morgan fingerprint density at radius 3 is 2.53 bits per heavy atom. The van der Waals surface area contributed by atoms with Crippen LogP contribution in [0.4, 0.5) is 5.69 Å². The molecule has 2 aromatic carbocycles. The Labute approximate surface area is 190 Å². The zero-order chi connectivity index (χ0) is 22.8. The van der Waals surface area contributed by atoms with E-state index in [0.29, 0.717) is 37.6 Å². The highest BCUT2D eigenvalue weighted by Gasteiger charge is 2.21. The Balaban J connectivity index is 1.58. The van der Waals surface area contributed by atoms with Crippen molar-refractivity contribution in [1.29, 1.82) is 0 Å². The van der Waals surface area contributed by atoms with Crippen LogP contribution in [0.3, 0.4) is 0 Å². The number of nitrogens with zero attached hydrogens (tertiary/aromatic N) is 2. The van der Waals surface area contributed by atoms with Gasteiger partial charge in [0, 0.05) is 43.9 Å². The average Bonchev–Trinajstić information content (AvgIpc) is 3.25. The topological polar surface area (TPSA) is 85.8 Å². The lowest BCUT2D eigenvalue weighted by Gasteiger charge is -2.16. The molecule has 0 atom stereocenters. The van der Waals surface area contributed by atoms with Crippen LogP contribution in [0.15, 0.2) is 53.5 Å². The van der Waals surface area contributed by atoms with Crippen molar-refractivity contribution in [2.75, 3.05) is 24.5 Å². The van der Waals surface area contributed by atoms with Crippen molar-refractivity contribution in [3.8, 4) is 0 Å². The largest absolute Gasteiger partial charge is 0.357 e. The molecule has 170 valence electrons. The van der Waals surface area contributed by atoms with Crippen molar-refractivity contribution in [2.24, 2.45) is 4.99 Å². The van der Waals surface area contributed by atoms with E-state index in [2.05, 4.69) is 20.9 Å². The number of rotatable bonds is 9. The summed E-state index contributed by atoms with van der Waals surface area (Å²) in [5.74, 6) is 0.860. The van der Waals surface area contributed by atoms with Crippen LogP contribution in [0.1, 0.15) is 54.6 Å². The molecule has 0 saturated carbocycles. The second kappa shape index (κ2) is 11.9. The molecule has 0 aliphatic carbocycles. The molecule has 1 aliphatic heterocycles. The van der Waals surface area contributed by atoms with Gasteiger partial charge in [-0.25, -0.2) is 4.99 Å². The van der Waals surface area contributed by atoms with Crippen LogP contribution in [-0.2, 0) is 17.9 Å². The fourth-order valence-electron chi connectivity index (χ4n) is 3.56. The molecule has 0 bridgehead atoms. The first kappa shape index (κ1) is 23.3. The molecule has 0 aromatic heterocycles. The van der Waals surface area contributed by atoms with Crippen molar-refractivity contribution < 1.29 is 9.59 Å². The second-order valence-corrected chi connectivity index (χ2v) is 7.82. The normalized spacial score (nSPS) is 13.9. The van der Waals surface area contributed by atoms with Gasteiger partial charge in [0.25, 0.3) is 5.91 Å². The zero-order valence-electron chi connectivity index (χ0n) is 19.0. The van der Waals surface area contributed by atoms with E-state index in [1.165, 1.54) is 0 Å². The van der Waals surface area contributed by atoms with E-state index in [9.17, 15) is 9.59 Å². The summed E-state index contributed by atoms with van der Waals surface area (Å²) in [6, 6.07) is 15.6. The van der Waals surface area contributed by atoms with Gasteiger partial charge in [0.2, 0.25) is 5.91 Å². The number of nitrogens with one attached hydrogen (secondary N) is 3. The van der Waals surface area contributed by atoms with E-state index in [1.807, 2.05) is 67.3 Å². The smallest absolute Gasteiger partial charge is 0.251 e. The molecule has 1 saturated heterocycles. The van der Waals surface area contributed by atoms with Crippen LogP contribution in [-0.4, -0.2) is 37.4 Å². The zero-order valence-corrected chi connectivity index (χ0v) is 19.0. The molecule has 0 radical (unpaired) electrons. The minimum Gasteiger partial charge on any atom is -0.357 e. The van der Waals surface area contributed by atoms with Crippen molar-refractivity contribution in [1.82, 2.24) is 16.0 Å². The molecular formula is C25H33N5O2. The third-order valence-electron chi connectivity index (χ3n) is 5.27. The molecule has 3 rings (SSSR count). The molecule has 2 amide bonds. The van der Waals surface area contributed by atoms with Gasteiger partial charge in [0.15, 0.2) is 5.96 Å². The first-order chi connectivity index (χ1) is 15.6. The molecule has 2 aromatic rings. The minimum absolute atomic E-state index is 0.0539. The number of amides is 2. The SMILES string of the molecule is CCCNC(=O)c1cccc(CN=C(NCC)NCc2ccc(N3CCCC3=O)cc2)c1. The van der Waals surface area contributed by atoms with Crippen LogP contribution in [0.25, 0.3) is 0 Å². The molecule has 32 heavy (non-hydrogen) atoms. The van der Waals surface area contributed by atoms with Crippen molar-refractivity contribution in [3.63, 3.8) is 0 Å². The molecule has 1 heterocycles. The maximum absolute atomic E-state index is 12.2. The van der Waals surface area contributed by atoms with Gasteiger partial charge in [-0.2, -0.15) is 0 Å². The van der Waals surface area contributed by atoms with Crippen LogP contribution in [0, 0.1) is 0 Å². The molecule has 7 nitrogen and oxygen atoms in total. The van der Waals surface area contributed by atoms with Gasteiger partial charge < -0.3 is 20.9 Å². The Morgan fingerprint density at radius 1 is 1.03 bits per heavy atom. The fourth-order valence-corrected chi connectivity index (χ4v) is 3.56. The van der Waals surface area contributed by atoms with Gasteiger partial charge in [-0.1, -0.05) is 31.2 Å². The van der Waals surface area contributed by atoms with Gasteiger partial charge in [-0.05, 0) is 55.2 Å². The van der Waals surface area contributed by atoms with Gasteiger partial charge in [-0.3, -0.25) is 9.59 Å². The number of guanidine groups is 1. The highest BCUT2D eigenvalue weighted by atomic mass is 16.2. The van der Waals surface area contributed by atoms with Crippen molar-refractivity contribution in [2.45, 2.75) is 46.2 Å². The Hall–Kier alpha value is -3.35. The predicted octanol–water partition coefficient (Wildman–Crippen LogP) is 3.21. The highest BCUT2D eigenvalue weighted by molar-refractivity contribution is 5.95. The van der Waals surface area contributed by atoms with Crippen molar-refractivity contribution in [3.05, 3.63) is 65.2 Å². The van der Waals surface area contributed by atoms with Crippen LogP contribution >= 0.6 is 0 Å². The third-order valence-corrected chi connectivity index (χ3v) is 5.27. The number of hydrogen-bond acceptors (Lipinski definition) is 3. The van der Waals surface area contributed by atoms with E-state index in [-0.39, 0.29) is 11.8 Å². The summed E-state index contributed by atoms with van der Waals surface area (Å²) in [6.45, 7) is 7.38. The predicted molar refractivity (Wildman–Crippen MR) is 129 cm³/mol. The van der Waals surface area contributed by atoms with E-state index in [4.69, 9.17) is 0 Å². The summed E-state index contributed by atoms with van der Waals surface area (Å²) in [5.41, 5.74) is 3.70. The van der Waals surface area contributed by atoms with E-state index in [0.717, 1.165) is 42.7 Å². The lowest BCUT2D eigenvalue weighted by Crippen LogP contribution is -2.36. The summed E-state index contributed by atoms with van der Waals surface area (Å²) < 4.78 is 0. The molecule has 0 unspecified atom stereocenters. The number of anilines is 1. The summed E-state index contributed by atoms with van der Waals surface area (Å²) in [5, 5.41) is 9.51. The Morgan fingerprint density at radius 2 is 1.84 bits per heavy atom. The van der Waals surface area contributed by atoms with Gasteiger partial charge in [0.05, 0.1) is 6.54 Å². The summed E-state index contributed by atoms with van der Waals surface area (Å²) in [4.78, 5) is 30.6. The maximum atomic E-state index is 12.2. The molecule has 3 N–H and O–H groups in total. The average molecular weight is 436 g/mol. The van der Waals surface area contributed by atoms with Crippen LogP contribution < -0.4 is 20.9 Å². The molecule has 7 heteroatoms. The lowest BCUT2D eigenvalue weighted by molar-refractivity contribution is -0.117. The molecular weight excluding hydrogens is 402 g/mol. The van der Waals surface area contributed by atoms with E-state index in [1.54, 1.807) is 0 Å². The van der Waals surface area contributed by atoms with Gasteiger partial charge >= 0.3 is 0 Å². The number of aliphatic imine (C=N–C) groups is 1. The molecule has 1 aliphatic rings. The van der Waals surface area contributed by atoms with E-state index < -0.39 is 0 Å². The monoisotopic (exact) mass is 435 g/mol. The molecule has 0 spiro atoms. The standard InChI is InChI=1S/C25H33N5O2/c1-3-14-27-24(32)21-8-5-7-20(16-21)18-29-25(26-4-2)28-17-19-10-12-22(13-11-19)30-15-6-9-23(30)31/h5,7-8,10-13,16H,3-4,6,9,14-15,17-18H2,1-2H3,(H,27,32)(H2,26,28,29). The van der Waals surface area contributed by atoms with E-state index >= 15 is 0 Å². The number of carbonyl (C=O) groups excluding carboxylic acids is 2. The lowest BCUT2D eigenvalue weighted by atomic mass is 10.1.